The van der Waals surface area contributed by atoms with E-state index in [2.05, 4.69) is 5.18 Å². The van der Waals surface area contributed by atoms with Gasteiger partial charge in [-0.15, -0.1) is 0 Å². The van der Waals surface area contributed by atoms with Crippen LogP contribution in [0.5, 0.6) is 0 Å². The third kappa shape index (κ3) is 3.19. The topological polar surface area (TPSA) is 66.7 Å². The van der Waals surface area contributed by atoms with E-state index in [4.69, 9.17) is 5.11 Å². The fourth-order valence-electron chi connectivity index (χ4n) is 1.32. The molecule has 0 aromatic heterocycles. The number of hydrogen-bond donors (Lipinski definition) is 1. The van der Waals surface area contributed by atoms with Crippen LogP contribution in [0.15, 0.2) is 29.0 Å². The Labute approximate surface area is 75.9 Å². The number of aliphatic carboxylic acids is 1. The number of nitrogens with zero attached hydrogens (tertiary/aromatic N) is 1. The zero-order chi connectivity index (χ0) is 9.68. The van der Waals surface area contributed by atoms with Crippen molar-refractivity contribution < 1.29 is 9.90 Å². The summed E-state index contributed by atoms with van der Waals surface area (Å²) in [5.41, 5.74) is 0.887. The van der Waals surface area contributed by atoms with E-state index in [0.29, 0.717) is 6.42 Å². The Hall–Kier alpha value is -1.45. The first-order valence-corrected chi connectivity index (χ1v) is 4.15. The van der Waals surface area contributed by atoms with Crippen molar-refractivity contribution in [2.24, 2.45) is 5.18 Å². The van der Waals surface area contributed by atoms with Crippen LogP contribution in [0.3, 0.4) is 0 Å². The molecule has 0 aliphatic heterocycles. The predicted octanol–water partition coefficient (Wildman–Crippen LogP) is 1.87. The van der Waals surface area contributed by atoms with E-state index >= 15 is 0 Å². The van der Waals surface area contributed by atoms with Crippen molar-refractivity contribution in [1.82, 2.24) is 0 Å². The lowest BCUT2D eigenvalue weighted by atomic mass is 9.95. The molecule has 0 amide bonds. The molecular formula is C9H11NO3. The SMILES string of the molecule is O=NC1CCC=C(/C=C/C(=O)O)C1. The lowest BCUT2D eigenvalue weighted by Gasteiger charge is -2.13. The van der Waals surface area contributed by atoms with Gasteiger partial charge in [0, 0.05) is 6.08 Å². The first-order chi connectivity index (χ1) is 6.22. The molecule has 13 heavy (non-hydrogen) atoms. The summed E-state index contributed by atoms with van der Waals surface area (Å²) < 4.78 is 0. The van der Waals surface area contributed by atoms with Gasteiger partial charge in [-0.25, -0.2) is 4.79 Å². The number of hydrogen-bond acceptors (Lipinski definition) is 3. The summed E-state index contributed by atoms with van der Waals surface area (Å²) in [4.78, 5) is 20.4. The average molecular weight is 181 g/mol. The summed E-state index contributed by atoms with van der Waals surface area (Å²) in [5.74, 6) is -0.970. The number of nitroso groups, excluding NO2 is 1. The maximum absolute atomic E-state index is 10.2. The third-order valence-corrected chi connectivity index (χ3v) is 1.97. The fourth-order valence-corrected chi connectivity index (χ4v) is 1.32. The maximum Gasteiger partial charge on any atom is 0.328 e. The highest BCUT2D eigenvalue weighted by Gasteiger charge is 2.13. The van der Waals surface area contributed by atoms with Crippen molar-refractivity contribution >= 4 is 5.97 Å². The fraction of sp³-hybridized carbons (Fsp3) is 0.444. The average Bonchev–Trinajstić information content (AvgIpc) is 2.15. The van der Waals surface area contributed by atoms with Crippen LogP contribution in [-0.4, -0.2) is 17.1 Å². The summed E-state index contributed by atoms with van der Waals surface area (Å²) in [5, 5.41) is 11.3. The van der Waals surface area contributed by atoms with E-state index in [0.717, 1.165) is 24.5 Å². The molecule has 0 spiro atoms. The van der Waals surface area contributed by atoms with Crippen LogP contribution in [-0.2, 0) is 4.79 Å². The Bertz CT molecular complexity index is 268. The standard InChI is InChI=1S/C9H11NO3/c11-9(12)5-4-7-2-1-3-8(6-7)10-13/h2,4-5,8H,1,3,6H2,(H,11,12)/b5-4+. The number of allylic oxidation sites excluding steroid dienone is 2. The lowest BCUT2D eigenvalue weighted by Crippen LogP contribution is -2.08. The van der Waals surface area contributed by atoms with E-state index in [1.54, 1.807) is 0 Å². The van der Waals surface area contributed by atoms with Crippen molar-refractivity contribution in [2.75, 3.05) is 0 Å². The predicted molar refractivity (Wildman–Crippen MR) is 48.3 cm³/mol. The van der Waals surface area contributed by atoms with E-state index in [1.165, 1.54) is 6.08 Å². The van der Waals surface area contributed by atoms with E-state index in [9.17, 15) is 9.70 Å². The minimum Gasteiger partial charge on any atom is -0.478 e. The van der Waals surface area contributed by atoms with E-state index in [1.807, 2.05) is 6.08 Å². The molecule has 0 aromatic rings. The molecule has 1 aliphatic rings. The van der Waals surface area contributed by atoms with Crippen LogP contribution in [0.2, 0.25) is 0 Å². The molecule has 0 fully saturated rings. The van der Waals surface area contributed by atoms with Gasteiger partial charge in [0.25, 0.3) is 0 Å². The van der Waals surface area contributed by atoms with Gasteiger partial charge < -0.3 is 5.11 Å². The van der Waals surface area contributed by atoms with Gasteiger partial charge in [-0.1, -0.05) is 17.3 Å². The highest BCUT2D eigenvalue weighted by atomic mass is 16.4. The summed E-state index contributed by atoms with van der Waals surface area (Å²) in [6.07, 6.45) is 6.69. The molecule has 1 unspecified atom stereocenters. The van der Waals surface area contributed by atoms with Crippen molar-refractivity contribution in [1.29, 1.82) is 0 Å². The molecule has 0 radical (unpaired) electrons. The Kier molecular flexibility index (Phi) is 3.37. The molecule has 4 nitrogen and oxygen atoms in total. The van der Waals surface area contributed by atoms with Gasteiger partial charge in [-0.2, -0.15) is 4.91 Å². The van der Waals surface area contributed by atoms with E-state index < -0.39 is 5.97 Å². The van der Waals surface area contributed by atoms with Crippen molar-refractivity contribution in [3.8, 4) is 0 Å². The molecule has 1 N–H and O–H groups in total. The zero-order valence-electron chi connectivity index (χ0n) is 7.14. The van der Waals surface area contributed by atoms with Crippen LogP contribution in [0.1, 0.15) is 19.3 Å². The second kappa shape index (κ2) is 4.54. The Balaban J connectivity index is 2.55. The molecule has 0 saturated carbocycles. The van der Waals surface area contributed by atoms with Crippen LogP contribution < -0.4 is 0 Å². The number of carboxylic acids is 1. The first-order valence-electron chi connectivity index (χ1n) is 4.15. The van der Waals surface area contributed by atoms with Gasteiger partial charge in [-0.3, -0.25) is 0 Å². The molecular weight excluding hydrogens is 170 g/mol. The summed E-state index contributed by atoms with van der Waals surface area (Å²) in [6.45, 7) is 0. The Morgan fingerprint density at radius 1 is 1.69 bits per heavy atom. The lowest BCUT2D eigenvalue weighted by molar-refractivity contribution is -0.131. The van der Waals surface area contributed by atoms with Gasteiger partial charge in [0.2, 0.25) is 0 Å². The summed E-state index contributed by atoms with van der Waals surface area (Å²) >= 11 is 0. The second-order valence-corrected chi connectivity index (χ2v) is 2.99. The molecule has 70 valence electrons. The molecule has 1 aliphatic carbocycles. The normalized spacial score (nSPS) is 22.8. The van der Waals surface area contributed by atoms with Crippen LogP contribution in [0.4, 0.5) is 0 Å². The van der Waals surface area contributed by atoms with Gasteiger partial charge >= 0.3 is 5.97 Å². The van der Waals surface area contributed by atoms with Crippen molar-refractivity contribution in [3.63, 3.8) is 0 Å². The number of carbonyl (C=O) groups is 1. The quantitative estimate of drug-likeness (QED) is 0.533. The monoisotopic (exact) mass is 181 g/mol. The van der Waals surface area contributed by atoms with Gasteiger partial charge in [-0.05, 0) is 24.8 Å². The van der Waals surface area contributed by atoms with Gasteiger partial charge in [0.1, 0.15) is 0 Å². The largest absolute Gasteiger partial charge is 0.478 e. The first kappa shape index (κ1) is 9.64. The molecule has 4 heteroatoms. The number of rotatable bonds is 3. The Morgan fingerprint density at radius 3 is 3.08 bits per heavy atom. The van der Waals surface area contributed by atoms with Crippen LogP contribution in [0, 0.1) is 4.91 Å². The molecule has 1 atom stereocenters. The van der Waals surface area contributed by atoms with Crippen LogP contribution in [0.25, 0.3) is 0 Å². The minimum atomic E-state index is -0.970. The minimum absolute atomic E-state index is 0.182. The molecule has 0 heterocycles. The molecule has 0 aromatic carbocycles. The van der Waals surface area contributed by atoms with Gasteiger partial charge in [0.05, 0.1) is 6.04 Å². The summed E-state index contributed by atoms with van der Waals surface area (Å²) in [6, 6.07) is -0.182. The van der Waals surface area contributed by atoms with Crippen molar-refractivity contribution in [2.45, 2.75) is 25.3 Å². The third-order valence-electron chi connectivity index (χ3n) is 1.97. The molecule has 1 rings (SSSR count). The van der Waals surface area contributed by atoms with Crippen LogP contribution >= 0.6 is 0 Å². The molecule has 0 bridgehead atoms. The van der Waals surface area contributed by atoms with Gasteiger partial charge in [0.15, 0.2) is 0 Å². The highest BCUT2D eigenvalue weighted by Crippen LogP contribution is 2.21. The highest BCUT2D eigenvalue weighted by molar-refractivity contribution is 5.80. The summed E-state index contributed by atoms with van der Waals surface area (Å²) in [7, 11) is 0. The zero-order valence-corrected chi connectivity index (χ0v) is 7.14. The molecule has 0 saturated heterocycles. The second-order valence-electron chi connectivity index (χ2n) is 2.99. The van der Waals surface area contributed by atoms with E-state index in [-0.39, 0.29) is 6.04 Å². The van der Waals surface area contributed by atoms with Crippen molar-refractivity contribution in [3.05, 3.63) is 28.7 Å². The smallest absolute Gasteiger partial charge is 0.328 e. The number of carboxylic acid groups (broad SMARTS) is 1. The Morgan fingerprint density at radius 2 is 2.46 bits per heavy atom. The maximum atomic E-state index is 10.2.